The van der Waals surface area contributed by atoms with Crippen molar-refractivity contribution in [3.63, 3.8) is 0 Å². The molecule has 0 atom stereocenters. The number of carbonyl (C=O) groups is 1. The Hall–Kier alpha value is -1.97. The fourth-order valence-corrected chi connectivity index (χ4v) is 1.87. The third kappa shape index (κ3) is 2.83. The Morgan fingerprint density at radius 2 is 2.17 bits per heavy atom. The minimum atomic E-state index is 0.0160. The largest absolute Gasteiger partial charge is 0.335 e. The SMILES string of the molecule is CCCn1ccnc1CC(=O)c1cc(C)ccn1. The van der Waals surface area contributed by atoms with Crippen LogP contribution >= 0.6 is 0 Å². The van der Waals surface area contributed by atoms with Crippen molar-refractivity contribution in [2.24, 2.45) is 0 Å². The molecule has 4 nitrogen and oxygen atoms in total. The summed E-state index contributed by atoms with van der Waals surface area (Å²) in [4.78, 5) is 20.5. The molecule has 4 heteroatoms. The summed E-state index contributed by atoms with van der Waals surface area (Å²) in [5.41, 5.74) is 1.56. The number of nitrogens with zero attached hydrogens (tertiary/aromatic N) is 3. The van der Waals surface area contributed by atoms with Crippen molar-refractivity contribution in [2.75, 3.05) is 0 Å². The van der Waals surface area contributed by atoms with Crippen LogP contribution in [0.25, 0.3) is 0 Å². The van der Waals surface area contributed by atoms with Crippen molar-refractivity contribution in [3.8, 4) is 0 Å². The van der Waals surface area contributed by atoms with Gasteiger partial charge in [0.25, 0.3) is 0 Å². The molecular weight excluding hydrogens is 226 g/mol. The van der Waals surface area contributed by atoms with Gasteiger partial charge in [-0.15, -0.1) is 0 Å². The average molecular weight is 243 g/mol. The molecular formula is C14H17N3O. The molecule has 0 saturated carbocycles. The van der Waals surface area contributed by atoms with Crippen LogP contribution in [-0.4, -0.2) is 20.3 Å². The van der Waals surface area contributed by atoms with Gasteiger partial charge < -0.3 is 4.57 Å². The third-order valence-corrected chi connectivity index (χ3v) is 2.79. The van der Waals surface area contributed by atoms with Crippen LogP contribution in [0, 0.1) is 6.92 Å². The monoisotopic (exact) mass is 243 g/mol. The number of hydrogen-bond donors (Lipinski definition) is 0. The summed E-state index contributed by atoms with van der Waals surface area (Å²) in [7, 11) is 0. The Labute approximate surface area is 107 Å². The Kier molecular flexibility index (Phi) is 3.87. The van der Waals surface area contributed by atoms with E-state index in [1.54, 1.807) is 12.4 Å². The maximum absolute atomic E-state index is 12.1. The summed E-state index contributed by atoms with van der Waals surface area (Å²) in [6.07, 6.45) is 6.66. The van der Waals surface area contributed by atoms with Crippen LogP contribution in [0.2, 0.25) is 0 Å². The lowest BCUT2D eigenvalue weighted by atomic mass is 10.1. The molecule has 0 bridgehead atoms. The molecule has 0 fully saturated rings. The highest BCUT2D eigenvalue weighted by atomic mass is 16.1. The van der Waals surface area contributed by atoms with E-state index in [9.17, 15) is 4.79 Å². The zero-order valence-corrected chi connectivity index (χ0v) is 10.8. The molecule has 2 heterocycles. The molecule has 2 aromatic rings. The van der Waals surface area contributed by atoms with Crippen molar-refractivity contribution in [1.82, 2.24) is 14.5 Å². The van der Waals surface area contributed by atoms with Crippen LogP contribution in [0.3, 0.4) is 0 Å². The van der Waals surface area contributed by atoms with Gasteiger partial charge in [-0.3, -0.25) is 9.78 Å². The van der Waals surface area contributed by atoms with Crippen molar-refractivity contribution in [3.05, 3.63) is 47.8 Å². The normalized spacial score (nSPS) is 10.6. The van der Waals surface area contributed by atoms with Gasteiger partial charge in [0.15, 0.2) is 5.78 Å². The summed E-state index contributed by atoms with van der Waals surface area (Å²) >= 11 is 0. The minimum Gasteiger partial charge on any atom is -0.335 e. The van der Waals surface area contributed by atoms with Gasteiger partial charge in [-0.05, 0) is 31.0 Å². The molecule has 18 heavy (non-hydrogen) atoms. The van der Waals surface area contributed by atoms with Gasteiger partial charge in [-0.1, -0.05) is 6.92 Å². The molecule has 94 valence electrons. The van der Waals surface area contributed by atoms with E-state index < -0.39 is 0 Å². The molecule has 0 aliphatic rings. The summed E-state index contributed by atoms with van der Waals surface area (Å²) in [6, 6.07) is 3.70. The number of rotatable bonds is 5. The standard InChI is InChI=1S/C14H17N3O/c1-3-7-17-8-6-16-14(17)10-13(18)12-9-11(2)4-5-15-12/h4-6,8-9H,3,7,10H2,1-2H3. The molecule has 0 amide bonds. The lowest BCUT2D eigenvalue weighted by molar-refractivity contribution is 0.0985. The fourth-order valence-electron chi connectivity index (χ4n) is 1.87. The Balaban J connectivity index is 2.14. The van der Waals surface area contributed by atoms with Crippen LogP contribution in [0.1, 0.15) is 35.2 Å². The van der Waals surface area contributed by atoms with Crippen molar-refractivity contribution >= 4 is 5.78 Å². The number of aromatic nitrogens is 3. The first-order valence-electron chi connectivity index (χ1n) is 6.16. The predicted molar refractivity (Wildman–Crippen MR) is 69.5 cm³/mol. The summed E-state index contributed by atoms with van der Waals surface area (Å²) in [5, 5.41) is 0. The zero-order chi connectivity index (χ0) is 13.0. The molecule has 0 spiro atoms. The van der Waals surface area contributed by atoms with E-state index in [0.717, 1.165) is 24.4 Å². The number of pyridine rings is 1. The lowest BCUT2D eigenvalue weighted by Gasteiger charge is -2.05. The average Bonchev–Trinajstić information content (AvgIpc) is 2.77. The van der Waals surface area contributed by atoms with Gasteiger partial charge in [-0.2, -0.15) is 0 Å². The molecule has 2 aromatic heterocycles. The van der Waals surface area contributed by atoms with Gasteiger partial charge in [0.05, 0.1) is 6.42 Å². The second kappa shape index (κ2) is 5.58. The number of carbonyl (C=O) groups excluding carboxylic acids is 1. The van der Waals surface area contributed by atoms with E-state index in [4.69, 9.17) is 0 Å². The Morgan fingerprint density at radius 3 is 2.89 bits per heavy atom. The number of Topliss-reactive ketones (excluding diaryl/α,β-unsaturated/α-hetero) is 1. The van der Waals surface area contributed by atoms with Crippen molar-refractivity contribution in [1.29, 1.82) is 0 Å². The maximum atomic E-state index is 12.1. The maximum Gasteiger partial charge on any atom is 0.188 e. The van der Waals surface area contributed by atoms with Crippen LogP contribution < -0.4 is 0 Å². The first-order valence-corrected chi connectivity index (χ1v) is 6.16. The Bertz CT molecular complexity index is 545. The number of aryl methyl sites for hydroxylation is 2. The van der Waals surface area contributed by atoms with Gasteiger partial charge in [0.1, 0.15) is 11.5 Å². The minimum absolute atomic E-state index is 0.0160. The van der Waals surface area contributed by atoms with E-state index in [-0.39, 0.29) is 5.78 Å². The molecule has 0 aromatic carbocycles. The quantitative estimate of drug-likeness (QED) is 0.758. The van der Waals surface area contributed by atoms with Gasteiger partial charge in [0.2, 0.25) is 0 Å². The van der Waals surface area contributed by atoms with Crippen LogP contribution in [0.15, 0.2) is 30.7 Å². The van der Waals surface area contributed by atoms with E-state index in [2.05, 4.69) is 16.9 Å². The molecule has 0 radical (unpaired) electrons. The van der Waals surface area contributed by atoms with Crippen LogP contribution in [-0.2, 0) is 13.0 Å². The highest BCUT2D eigenvalue weighted by molar-refractivity contribution is 5.95. The number of imidazole rings is 1. The van der Waals surface area contributed by atoms with Crippen LogP contribution in [0.4, 0.5) is 0 Å². The molecule has 0 N–H and O–H groups in total. The zero-order valence-electron chi connectivity index (χ0n) is 10.8. The van der Waals surface area contributed by atoms with Crippen LogP contribution in [0.5, 0.6) is 0 Å². The lowest BCUT2D eigenvalue weighted by Crippen LogP contribution is -2.11. The molecule has 0 aliphatic carbocycles. The molecule has 0 saturated heterocycles. The first kappa shape index (κ1) is 12.5. The second-order valence-corrected chi connectivity index (χ2v) is 4.36. The first-order chi connectivity index (χ1) is 8.70. The Morgan fingerprint density at radius 1 is 1.33 bits per heavy atom. The van der Waals surface area contributed by atoms with Gasteiger partial charge >= 0.3 is 0 Å². The number of ketones is 1. The third-order valence-electron chi connectivity index (χ3n) is 2.79. The fraction of sp³-hybridized carbons (Fsp3) is 0.357. The predicted octanol–water partition coefficient (Wildman–Crippen LogP) is 2.42. The molecule has 0 aliphatic heterocycles. The van der Waals surface area contributed by atoms with Gasteiger partial charge in [0, 0.05) is 25.1 Å². The van der Waals surface area contributed by atoms with E-state index in [1.807, 2.05) is 29.8 Å². The van der Waals surface area contributed by atoms with E-state index in [1.165, 1.54) is 0 Å². The van der Waals surface area contributed by atoms with E-state index in [0.29, 0.717) is 12.1 Å². The van der Waals surface area contributed by atoms with Crippen molar-refractivity contribution in [2.45, 2.75) is 33.2 Å². The molecule has 2 rings (SSSR count). The smallest absolute Gasteiger partial charge is 0.188 e. The summed E-state index contributed by atoms with van der Waals surface area (Å²) < 4.78 is 2.02. The summed E-state index contributed by atoms with van der Waals surface area (Å²) in [5.74, 6) is 0.826. The topological polar surface area (TPSA) is 47.8 Å². The highest BCUT2D eigenvalue weighted by Crippen LogP contribution is 2.07. The van der Waals surface area contributed by atoms with Crippen molar-refractivity contribution < 1.29 is 4.79 Å². The van der Waals surface area contributed by atoms with Gasteiger partial charge in [-0.25, -0.2) is 4.98 Å². The van der Waals surface area contributed by atoms with E-state index >= 15 is 0 Å². The summed E-state index contributed by atoms with van der Waals surface area (Å²) in [6.45, 7) is 4.95. The second-order valence-electron chi connectivity index (χ2n) is 4.36. The highest BCUT2D eigenvalue weighted by Gasteiger charge is 2.12. The number of hydrogen-bond acceptors (Lipinski definition) is 3. The molecule has 0 unspecified atom stereocenters.